The van der Waals surface area contributed by atoms with Crippen molar-refractivity contribution in [2.24, 2.45) is 0 Å². The molecule has 1 rings (SSSR count). The van der Waals surface area contributed by atoms with E-state index in [1.165, 1.54) is 8.77 Å². The van der Waals surface area contributed by atoms with Crippen LogP contribution in [0.4, 0.5) is 0 Å². The highest BCUT2D eigenvalue weighted by Gasteiger charge is 2.15. The van der Waals surface area contributed by atoms with Gasteiger partial charge in [0.25, 0.3) is 0 Å². The molecule has 0 N–H and O–H groups in total. The van der Waals surface area contributed by atoms with Gasteiger partial charge in [0.15, 0.2) is 0 Å². The number of ether oxygens (including phenoxy) is 1. The average Bonchev–Trinajstić information content (AvgIpc) is 2.14. The fraction of sp³-hybridized carbons (Fsp3) is 1.00. The molecule has 0 unspecified atom stereocenters. The number of sulfonamides is 1. The highest BCUT2D eigenvalue weighted by atomic mass is 127. The van der Waals surface area contributed by atoms with E-state index < -0.39 is 10.0 Å². The minimum atomic E-state index is -3.04. The Morgan fingerprint density at radius 2 is 2.00 bits per heavy atom. The van der Waals surface area contributed by atoms with E-state index in [-0.39, 0.29) is 0 Å². The van der Waals surface area contributed by atoms with E-state index in [4.69, 9.17) is 4.74 Å². The Kier molecular flexibility index (Phi) is 5.04. The first-order chi connectivity index (χ1) is 6.50. The molecule has 0 spiro atoms. The van der Waals surface area contributed by atoms with Crippen LogP contribution >= 0.6 is 22.9 Å². The third-order valence-corrected chi connectivity index (χ3v) is 5.59. The van der Waals surface area contributed by atoms with E-state index in [0.717, 1.165) is 32.8 Å². The van der Waals surface area contributed by atoms with E-state index in [2.05, 4.69) is 4.90 Å². The zero-order valence-electron chi connectivity index (χ0n) is 8.15. The maximum absolute atomic E-state index is 11.1. The second kappa shape index (κ2) is 5.59. The Hall–Kier alpha value is 0.560. The molecule has 0 aromatic heterocycles. The average molecular weight is 334 g/mol. The molecule has 1 aliphatic heterocycles. The van der Waals surface area contributed by atoms with Gasteiger partial charge in [0.1, 0.15) is 0 Å². The monoisotopic (exact) mass is 334 g/mol. The number of halogens is 1. The number of rotatable bonds is 4. The molecule has 14 heavy (non-hydrogen) atoms. The molecule has 84 valence electrons. The first-order valence-corrected chi connectivity index (χ1v) is 7.25. The SMILES string of the molecule is CS(=O)(=O)N(I)CCN1CCOCC1. The van der Waals surface area contributed by atoms with Gasteiger partial charge in [-0.1, -0.05) is 0 Å². The summed E-state index contributed by atoms with van der Waals surface area (Å²) in [6.45, 7) is 4.61. The van der Waals surface area contributed by atoms with Crippen LogP contribution < -0.4 is 0 Å². The molecule has 1 heterocycles. The van der Waals surface area contributed by atoms with Crippen LogP contribution in [-0.4, -0.2) is 61.5 Å². The van der Waals surface area contributed by atoms with Crippen molar-refractivity contribution in [3.05, 3.63) is 0 Å². The van der Waals surface area contributed by atoms with E-state index in [1.807, 2.05) is 22.9 Å². The topological polar surface area (TPSA) is 49.9 Å². The van der Waals surface area contributed by atoms with E-state index in [9.17, 15) is 8.42 Å². The van der Waals surface area contributed by atoms with Gasteiger partial charge < -0.3 is 4.74 Å². The van der Waals surface area contributed by atoms with Crippen molar-refractivity contribution in [2.45, 2.75) is 0 Å². The lowest BCUT2D eigenvalue weighted by Crippen LogP contribution is -2.40. The summed E-state index contributed by atoms with van der Waals surface area (Å²) in [5.74, 6) is 0. The van der Waals surface area contributed by atoms with Gasteiger partial charge >= 0.3 is 0 Å². The number of nitrogens with zero attached hydrogens (tertiary/aromatic N) is 2. The first kappa shape index (κ1) is 12.6. The van der Waals surface area contributed by atoms with Crippen molar-refractivity contribution in [1.82, 2.24) is 7.42 Å². The van der Waals surface area contributed by atoms with Crippen LogP contribution in [0, 0.1) is 0 Å². The Morgan fingerprint density at radius 1 is 1.43 bits per heavy atom. The summed E-state index contributed by atoms with van der Waals surface area (Å²) in [6.07, 6.45) is 1.22. The zero-order valence-corrected chi connectivity index (χ0v) is 11.1. The molecule has 1 aliphatic rings. The van der Waals surface area contributed by atoms with Crippen LogP contribution in [0.3, 0.4) is 0 Å². The maximum Gasteiger partial charge on any atom is 0.219 e. The highest BCUT2D eigenvalue weighted by molar-refractivity contribution is 14.1. The molecule has 0 aromatic carbocycles. The van der Waals surface area contributed by atoms with Crippen LogP contribution in [0.15, 0.2) is 0 Å². The van der Waals surface area contributed by atoms with Crippen molar-refractivity contribution in [1.29, 1.82) is 0 Å². The molecular weight excluding hydrogens is 319 g/mol. The van der Waals surface area contributed by atoms with Gasteiger partial charge in [-0.2, -0.15) is 0 Å². The predicted octanol–water partition coefficient (Wildman–Crippen LogP) is -0.0698. The van der Waals surface area contributed by atoms with Gasteiger partial charge in [-0.05, 0) is 0 Å². The minimum absolute atomic E-state index is 0.541. The van der Waals surface area contributed by atoms with E-state index in [0.29, 0.717) is 6.54 Å². The molecule has 0 atom stereocenters. The molecule has 0 aromatic rings. The minimum Gasteiger partial charge on any atom is -0.379 e. The zero-order chi connectivity index (χ0) is 10.6. The summed E-state index contributed by atoms with van der Waals surface area (Å²) in [6, 6.07) is 0. The quantitative estimate of drug-likeness (QED) is 0.534. The van der Waals surface area contributed by atoms with Gasteiger partial charge in [0.2, 0.25) is 10.0 Å². The third kappa shape index (κ3) is 4.39. The molecule has 1 fully saturated rings. The van der Waals surface area contributed by atoms with Crippen molar-refractivity contribution in [2.75, 3.05) is 45.6 Å². The fourth-order valence-corrected chi connectivity index (χ4v) is 1.84. The van der Waals surface area contributed by atoms with Crippen LogP contribution in [0.25, 0.3) is 0 Å². The molecule has 0 bridgehead atoms. The normalized spacial score (nSPS) is 20.2. The first-order valence-electron chi connectivity index (χ1n) is 4.44. The van der Waals surface area contributed by atoms with Crippen LogP contribution in [0.5, 0.6) is 0 Å². The second-order valence-corrected chi connectivity index (χ2v) is 6.95. The summed E-state index contributed by atoms with van der Waals surface area (Å²) in [5.41, 5.74) is 0. The van der Waals surface area contributed by atoms with Crippen LogP contribution in [0.2, 0.25) is 0 Å². The van der Waals surface area contributed by atoms with Gasteiger partial charge in [-0.25, -0.2) is 8.42 Å². The third-order valence-electron chi connectivity index (χ3n) is 2.06. The highest BCUT2D eigenvalue weighted by Crippen LogP contribution is 2.06. The summed E-state index contributed by atoms with van der Waals surface area (Å²) in [7, 11) is -3.04. The van der Waals surface area contributed by atoms with Crippen molar-refractivity contribution >= 4 is 32.9 Å². The molecule has 0 amide bonds. The standard InChI is InChI=1S/C7H15IN2O3S/c1-14(11,12)10(8)3-2-9-4-6-13-7-5-9/h2-7H2,1H3. The van der Waals surface area contributed by atoms with E-state index >= 15 is 0 Å². The second-order valence-electron chi connectivity index (χ2n) is 3.23. The molecular formula is C7H15IN2O3S. The largest absolute Gasteiger partial charge is 0.379 e. The smallest absolute Gasteiger partial charge is 0.219 e. The summed E-state index contributed by atoms with van der Waals surface area (Å²) < 4.78 is 28.7. The van der Waals surface area contributed by atoms with Gasteiger partial charge in [-0.3, -0.25) is 4.90 Å². The van der Waals surface area contributed by atoms with Crippen LogP contribution in [0.1, 0.15) is 0 Å². The van der Waals surface area contributed by atoms with Crippen molar-refractivity contribution < 1.29 is 13.2 Å². The van der Waals surface area contributed by atoms with Crippen LogP contribution in [-0.2, 0) is 14.8 Å². The van der Waals surface area contributed by atoms with Crippen molar-refractivity contribution in [3.63, 3.8) is 0 Å². The maximum atomic E-state index is 11.1. The predicted molar refractivity (Wildman–Crippen MR) is 62.8 cm³/mol. The van der Waals surface area contributed by atoms with Gasteiger partial charge in [-0.15, -0.1) is 2.52 Å². The van der Waals surface area contributed by atoms with Crippen molar-refractivity contribution in [3.8, 4) is 0 Å². The molecule has 5 nitrogen and oxygen atoms in total. The molecule has 0 aliphatic carbocycles. The summed E-state index contributed by atoms with van der Waals surface area (Å²) >= 11 is 1.83. The number of morpholine rings is 1. The Balaban J connectivity index is 2.25. The number of hydrogen-bond donors (Lipinski definition) is 0. The lowest BCUT2D eigenvalue weighted by atomic mass is 10.4. The Morgan fingerprint density at radius 3 is 2.50 bits per heavy atom. The van der Waals surface area contributed by atoms with Gasteiger partial charge in [0.05, 0.1) is 19.5 Å². The fourth-order valence-electron chi connectivity index (χ4n) is 1.21. The Bertz CT molecular complexity index is 264. The summed E-state index contributed by atoms with van der Waals surface area (Å²) in [5, 5.41) is 0. The van der Waals surface area contributed by atoms with Gasteiger partial charge in [0, 0.05) is 49.0 Å². The summed E-state index contributed by atoms with van der Waals surface area (Å²) in [4.78, 5) is 2.21. The van der Waals surface area contributed by atoms with E-state index in [1.54, 1.807) is 0 Å². The lowest BCUT2D eigenvalue weighted by molar-refractivity contribution is 0.0381. The molecule has 7 heteroatoms. The Labute approximate surface area is 98.9 Å². The number of hydrogen-bond acceptors (Lipinski definition) is 4. The molecule has 1 saturated heterocycles. The molecule has 0 radical (unpaired) electrons. The molecule has 0 saturated carbocycles. The lowest BCUT2D eigenvalue weighted by Gasteiger charge is -2.27.